The van der Waals surface area contributed by atoms with Crippen LogP contribution in [0.4, 0.5) is 8.78 Å². The fourth-order valence-corrected chi connectivity index (χ4v) is 4.13. The highest BCUT2D eigenvalue weighted by molar-refractivity contribution is 5.76. The van der Waals surface area contributed by atoms with E-state index in [4.69, 9.17) is 4.74 Å². The van der Waals surface area contributed by atoms with Crippen molar-refractivity contribution in [1.29, 1.82) is 0 Å². The second-order valence-electron chi connectivity index (χ2n) is 8.87. The van der Waals surface area contributed by atoms with Crippen LogP contribution in [0.2, 0.25) is 0 Å². The molecule has 190 valence electrons. The van der Waals surface area contributed by atoms with Crippen LogP contribution < -0.4 is 4.74 Å². The molecule has 0 aliphatic carbocycles. The van der Waals surface area contributed by atoms with E-state index in [2.05, 4.69) is 11.9 Å². The molecule has 0 bridgehead atoms. The van der Waals surface area contributed by atoms with Crippen molar-refractivity contribution in [3.8, 4) is 17.3 Å². The average Bonchev–Trinajstić information content (AvgIpc) is 3.18. The van der Waals surface area contributed by atoms with Crippen molar-refractivity contribution in [3.63, 3.8) is 0 Å². The molecule has 0 atom stereocenters. The summed E-state index contributed by atoms with van der Waals surface area (Å²) in [6.07, 6.45) is 15.4. The maximum Gasteiger partial charge on any atom is 0.296 e. The van der Waals surface area contributed by atoms with Crippen LogP contribution in [0.3, 0.4) is 0 Å². The number of aldehydes is 1. The van der Waals surface area contributed by atoms with Crippen LogP contribution in [-0.4, -0.2) is 27.6 Å². The molecule has 0 spiro atoms. The van der Waals surface area contributed by atoms with E-state index in [0.29, 0.717) is 12.4 Å². The fraction of sp³-hybridized carbons (Fsp3) is 0.630. The second-order valence-corrected chi connectivity index (χ2v) is 8.87. The molecule has 0 aliphatic heterocycles. The van der Waals surface area contributed by atoms with Crippen molar-refractivity contribution in [3.05, 3.63) is 35.8 Å². The van der Waals surface area contributed by atoms with Crippen molar-refractivity contribution in [2.45, 2.75) is 103 Å². The number of aromatic hydroxyl groups is 1. The first-order chi connectivity index (χ1) is 16.6. The average molecular weight is 479 g/mol. The number of unbranched alkanes of at least 4 members (excludes halogenated alkanes) is 13. The number of benzene rings is 1. The maximum atomic E-state index is 13.3. The fourth-order valence-electron chi connectivity index (χ4n) is 4.13. The van der Waals surface area contributed by atoms with Crippen molar-refractivity contribution in [1.82, 2.24) is 9.55 Å². The summed E-state index contributed by atoms with van der Waals surface area (Å²) in [6, 6.07) is 6.52. The summed E-state index contributed by atoms with van der Waals surface area (Å²) < 4.78 is 33.3. The second kappa shape index (κ2) is 16.2. The Kier molecular flexibility index (Phi) is 13.3. The maximum absolute atomic E-state index is 13.3. The molecule has 0 saturated carbocycles. The van der Waals surface area contributed by atoms with Crippen LogP contribution in [0.25, 0.3) is 5.69 Å². The van der Waals surface area contributed by atoms with E-state index >= 15 is 0 Å². The van der Waals surface area contributed by atoms with Gasteiger partial charge in [-0.15, -0.1) is 0 Å². The molecule has 0 radical (unpaired) electrons. The summed E-state index contributed by atoms with van der Waals surface area (Å²) in [5.74, 6) is -0.758. The zero-order valence-electron chi connectivity index (χ0n) is 20.5. The topological polar surface area (TPSA) is 64.4 Å². The molecule has 2 aromatic rings. The molecule has 0 aliphatic rings. The minimum Gasteiger partial charge on any atom is -0.494 e. The molecule has 2 rings (SSSR count). The summed E-state index contributed by atoms with van der Waals surface area (Å²) >= 11 is 0. The Bertz CT molecular complexity index is 839. The van der Waals surface area contributed by atoms with Gasteiger partial charge in [0, 0.05) is 6.07 Å². The van der Waals surface area contributed by atoms with Crippen LogP contribution in [0.15, 0.2) is 24.3 Å². The predicted molar refractivity (Wildman–Crippen MR) is 131 cm³/mol. The van der Waals surface area contributed by atoms with Crippen LogP contribution >= 0.6 is 0 Å². The van der Waals surface area contributed by atoms with Gasteiger partial charge in [0.15, 0.2) is 17.8 Å². The Labute approximate surface area is 202 Å². The van der Waals surface area contributed by atoms with E-state index in [9.17, 15) is 18.7 Å². The third-order valence-electron chi connectivity index (χ3n) is 6.05. The highest BCUT2D eigenvalue weighted by Crippen LogP contribution is 2.30. The van der Waals surface area contributed by atoms with E-state index in [1.54, 1.807) is 24.3 Å². The first kappa shape index (κ1) is 27.8. The number of hydrogen-bond donors (Lipinski definition) is 1. The Morgan fingerprint density at radius 2 is 1.50 bits per heavy atom. The lowest BCUT2D eigenvalue weighted by molar-refractivity contribution is 0.111. The highest BCUT2D eigenvalue weighted by atomic mass is 19.3. The van der Waals surface area contributed by atoms with Gasteiger partial charge in [0.25, 0.3) is 6.43 Å². The number of ether oxygens (including phenoxy) is 1. The third-order valence-corrected chi connectivity index (χ3v) is 6.05. The molecule has 5 nitrogen and oxygen atoms in total. The van der Waals surface area contributed by atoms with E-state index in [1.165, 1.54) is 77.0 Å². The van der Waals surface area contributed by atoms with Crippen LogP contribution in [-0.2, 0) is 0 Å². The van der Waals surface area contributed by atoms with Gasteiger partial charge in [-0.2, -0.15) is 0 Å². The number of nitrogens with zero attached hydrogens (tertiary/aromatic N) is 2. The lowest BCUT2D eigenvalue weighted by atomic mass is 10.0. The summed E-state index contributed by atoms with van der Waals surface area (Å²) in [6.45, 7) is 2.79. The molecule has 0 saturated heterocycles. The van der Waals surface area contributed by atoms with Gasteiger partial charge in [-0.3, -0.25) is 9.36 Å². The minimum atomic E-state index is -2.93. The minimum absolute atomic E-state index is 0.258. The molecule has 0 amide bonds. The Hall–Kier alpha value is -2.44. The van der Waals surface area contributed by atoms with E-state index in [0.717, 1.165) is 17.4 Å². The Morgan fingerprint density at radius 3 is 2.03 bits per heavy atom. The molecular weight excluding hydrogens is 438 g/mol. The van der Waals surface area contributed by atoms with Crippen molar-refractivity contribution >= 4 is 6.29 Å². The number of halogens is 2. The van der Waals surface area contributed by atoms with Crippen LogP contribution in [0.5, 0.6) is 11.6 Å². The first-order valence-electron chi connectivity index (χ1n) is 12.9. The number of hydrogen-bond acceptors (Lipinski definition) is 4. The smallest absolute Gasteiger partial charge is 0.296 e. The SMILES string of the molecule is CCCCCCCCCCCCCCCCOc1cccc(-n2c(C(F)F)nc(C=O)c2O)c1. The summed E-state index contributed by atoms with van der Waals surface area (Å²) in [7, 11) is 0. The van der Waals surface area contributed by atoms with E-state index < -0.39 is 23.8 Å². The lowest BCUT2D eigenvalue weighted by Gasteiger charge is -2.11. The predicted octanol–water partition coefficient (Wildman–Crippen LogP) is 8.19. The third kappa shape index (κ3) is 9.43. The largest absolute Gasteiger partial charge is 0.494 e. The molecule has 1 N–H and O–H groups in total. The number of aromatic nitrogens is 2. The van der Waals surface area contributed by atoms with Gasteiger partial charge in [-0.05, 0) is 18.6 Å². The molecule has 1 heterocycles. The standard InChI is InChI=1S/C27H40F2N2O3/c1-2-3-4-5-6-7-8-9-10-11-12-13-14-15-19-34-23-18-16-17-22(20-23)31-26(25(28)29)30-24(21-32)27(31)33/h16-18,20-21,25,33H,2-15,19H2,1H3. The van der Waals surface area contributed by atoms with Crippen molar-refractivity contribution in [2.75, 3.05) is 6.61 Å². The van der Waals surface area contributed by atoms with Gasteiger partial charge < -0.3 is 9.84 Å². The zero-order chi connectivity index (χ0) is 24.6. The molecule has 0 fully saturated rings. The monoisotopic (exact) mass is 478 g/mol. The normalized spacial score (nSPS) is 11.3. The highest BCUT2D eigenvalue weighted by Gasteiger charge is 2.24. The van der Waals surface area contributed by atoms with Gasteiger partial charge in [0.2, 0.25) is 5.88 Å². The van der Waals surface area contributed by atoms with Crippen molar-refractivity contribution in [2.24, 2.45) is 0 Å². The number of rotatable bonds is 19. The first-order valence-corrected chi connectivity index (χ1v) is 12.9. The summed E-state index contributed by atoms with van der Waals surface area (Å²) in [5, 5.41) is 10.1. The Balaban J connectivity index is 1.62. The molecule has 1 aromatic heterocycles. The quantitative estimate of drug-likeness (QED) is 0.163. The lowest BCUT2D eigenvalue weighted by Crippen LogP contribution is -2.03. The molecular formula is C27H40F2N2O3. The van der Waals surface area contributed by atoms with Crippen LogP contribution in [0, 0.1) is 0 Å². The molecule has 0 unspecified atom stereocenters. The van der Waals surface area contributed by atoms with Gasteiger partial charge in [-0.1, -0.05) is 96.5 Å². The van der Waals surface area contributed by atoms with Crippen LogP contribution in [0.1, 0.15) is 120 Å². The molecule has 7 heteroatoms. The Morgan fingerprint density at radius 1 is 0.941 bits per heavy atom. The van der Waals surface area contributed by atoms with E-state index in [-0.39, 0.29) is 12.0 Å². The molecule has 1 aromatic carbocycles. The summed E-state index contributed by atoms with van der Waals surface area (Å²) in [5.41, 5.74) is -0.143. The van der Waals surface area contributed by atoms with Gasteiger partial charge in [-0.25, -0.2) is 13.8 Å². The van der Waals surface area contributed by atoms with Crippen molar-refractivity contribution < 1.29 is 23.4 Å². The number of imidazole rings is 1. The number of carbonyl (C=O) groups excluding carboxylic acids is 1. The zero-order valence-corrected chi connectivity index (χ0v) is 20.5. The molecule has 34 heavy (non-hydrogen) atoms. The summed E-state index contributed by atoms with van der Waals surface area (Å²) in [4.78, 5) is 14.5. The van der Waals surface area contributed by atoms with E-state index in [1.807, 2.05) is 0 Å². The van der Waals surface area contributed by atoms with Gasteiger partial charge >= 0.3 is 0 Å². The van der Waals surface area contributed by atoms with Gasteiger partial charge in [0.1, 0.15) is 5.75 Å². The number of carbonyl (C=O) groups is 1. The number of alkyl halides is 2. The van der Waals surface area contributed by atoms with Gasteiger partial charge in [0.05, 0.1) is 12.3 Å².